The van der Waals surface area contributed by atoms with Gasteiger partial charge >= 0.3 is 6.03 Å². The first-order chi connectivity index (χ1) is 20.3. The predicted molar refractivity (Wildman–Crippen MR) is 152 cm³/mol. The van der Waals surface area contributed by atoms with E-state index in [2.05, 4.69) is 26.4 Å². The molecule has 0 saturated carbocycles. The van der Waals surface area contributed by atoms with E-state index in [1.165, 1.54) is 6.20 Å². The zero-order chi connectivity index (χ0) is 30.0. The zero-order valence-corrected chi connectivity index (χ0v) is 22.7. The van der Waals surface area contributed by atoms with Crippen LogP contribution in [0.3, 0.4) is 0 Å². The van der Waals surface area contributed by atoms with Crippen molar-refractivity contribution in [2.45, 2.75) is 11.8 Å². The molecule has 13 nitrogen and oxygen atoms in total. The van der Waals surface area contributed by atoms with Crippen LogP contribution in [0.5, 0.6) is 0 Å². The monoisotopic (exact) mass is 570 g/mol. The number of carbonyl (C=O) groups excluding carboxylic acids is 3. The van der Waals surface area contributed by atoms with Crippen molar-refractivity contribution in [2.75, 3.05) is 23.7 Å². The lowest BCUT2D eigenvalue weighted by Gasteiger charge is -2.38. The first-order valence-electron chi connectivity index (χ1n) is 13.0. The normalized spacial score (nSPS) is 11.0. The molecule has 3 aromatic carbocycles. The van der Waals surface area contributed by atoms with Crippen LogP contribution >= 0.6 is 0 Å². The number of anilines is 2. The Labute approximate surface area is 242 Å². The van der Waals surface area contributed by atoms with Gasteiger partial charge in [-0.3, -0.25) is 10.00 Å². The van der Waals surface area contributed by atoms with Crippen molar-refractivity contribution in [3.63, 3.8) is 0 Å². The fourth-order valence-corrected chi connectivity index (χ4v) is 4.57. The number of aromatic nitrogens is 2. The van der Waals surface area contributed by atoms with E-state index in [-0.39, 0.29) is 13.1 Å². The van der Waals surface area contributed by atoms with E-state index < -0.39 is 30.0 Å². The topological polar surface area (TPSA) is 187 Å². The highest BCUT2D eigenvalue weighted by Crippen LogP contribution is 2.41. The van der Waals surface area contributed by atoms with Gasteiger partial charge in [0.05, 0.1) is 6.20 Å². The van der Waals surface area contributed by atoms with Crippen molar-refractivity contribution in [1.82, 2.24) is 31.0 Å². The van der Waals surface area contributed by atoms with Crippen molar-refractivity contribution >= 4 is 29.7 Å². The Morgan fingerprint density at radius 3 is 1.71 bits per heavy atom. The van der Waals surface area contributed by atoms with Gasteiger partial charge in [-0.1, -0.05) is 91.0 Å². The number of nitrogens with zero attached hydrogens (tertiary/aromatic N) is 2. The van der Waals surface area contributed by atoms with Crippen molar-refractivity contribution < 1.29 is 24.6 Å². The van der Waals surface area contributed by atoms with Crippen molar-refractivity contribution in [2.24, 2.45) is 7.05 Å². The molecule has 1 aromatic heterocycles. The van der Waals surface area contributed by atoms with Crippen molar-refractivity contribution in [1.29, 1.82) is 0 Å². The van der Waals surface area contributed by atoms with Crippen LogP contribution in [0.15, 0.2) is 97.2 Å². The number of amides is 4. The second-order valence-corrected chi connectivity index (χ2v) is 9.14. The summed E-state index contributed by atoms with van der Waals surface area (Å²) in [7, 11) is 1.76. The van der Waals surface area contributed by atoms with Gasteiger partial charge in [0.25, 0.3) is 0 Å². The molecule has 42 heavy (non-hydrogen) atoms. The number of urea groups is 1. The summed E-state index contributed by atoms with van der Waals surface area (Å²) in [6.45, 7) is 0.0344. The Morgan fingerprint density at radius 2 is 1.26 bits per heavy atom. The molecule has 1 heterocycles. The van der Waals surface area contributed by atoms with Gasteiger partial charge in [-0.15, -0.1) is 0 Å². The van der Waals surface area contributed by atoms with Crippen LogP contribution < -0.4 is 42.1 Å². The smallest absolute Gasteiger partial charge is 0.319 e. The second-order valence-electron chi connectivity index (χ2n) is 9.14. The third kappa shape index (κ3) is 7.14. The lowest BCUT2D eigenvalue weighted by molar-refractivity contribution is -0.256. The first kappa shape index (κ1) is 29.4. The van der Waals surface area contributed by atoms with Gasteiger partial charge in [-0.05, 0) is 16.7 Å². The number of rotatable bonds is 12. The SMILES string of the molecule is Cn1ncc(NC(=O)NCCNC(NC(=O)[O-])NC(=O)[O-])c1NC(c1ccccc1)(c1ccccc1)c1ccccc1. The summed E-state index contributed by atoms with van der Waals surface area (Å²) in [6, 6.07) is 29.3. The van der Waals surface area contributed by atoms with Crippen molar-refractivity contribution in [3.05, 3.63) is 114 Å². The maximum atomic E-state index is 12.8. The van der Waals surface area contributed by atoms with E-state index in [4.69, 9.17) is 0 Å². The zero-order valence-electron chi connectivity index (χ0n) is 22.7. The Morgan fingerprint density at radius 1 is 0.786 bits per heavy atom. The average molecular weight is 571 g/mol. The lowest BCUT2D eigenvalue weighted by Crippen LogP contribution is -2.62. The molecule has 13 heteroatoms. The van der Waals surface area contributed by atoms with Gasteiger partial charge in [0.1, 0.15) is 29.2 Å². The summed E-state index contributed by atoms with van der Waals surface area (Å²) in [5.74, 6) is 0.538. The quantitative estimate of drug-likeness (QED) is 0.0815. The molecule has 0 bridgehead atoms. The van der Waals surface area contributed by atoms with E-state index in [9.17, 15) is 24.6 Å². The van der Waals surface area contributed by atoms with Gasteiger partial charge < -0.3 is 46.4 Å². The standard InChI is InChI=1S/C29H32N8O5/c1-37-24(23(19-32-37)33-26(38)31-18-17-30-25(34-27(39)40)35-28(41)42)36-29(20-11-5-2-6-12-20,21-13-7-3-8-14-21)22-15-9-4-10-16-22/h2-16,19,25,30,34-36H,17-18H2,1H3,(H,39,40)(H,41,42)(H2,31,33,38)/p-2. The first-order valence-corrected chi connectivity index (χ1v) is 13.0. The summed E-state index contributed by atoms with van der Waals surface area (Å²) in [5.41, 5.74) is 2.45. The van der Waals surface area contributed by atoms with E-state index in [0.29, 0.717) is 11.5 Å². The third-order valence-corrected chi connectivity index (χ3v) is 6.40. The Kier molecular flexibility index (Phi) is 9.58. The number of benzene rings is 3. The Bertz CT molecular complexity index is 1370. The summed E-state index contributed by atoms with van der Waals surface area (Å²) < 4.78 is 1.63. The molecule has 0 spiro atoms. The van der Waals surface area contributed by atoms with Crippen LogP contribution in [0.25, 0.3) is 0 Å². The van der Waals surface area contributed by atoms with Crippen LogP contribution in [0.2, 0.25) is 0 Å². The minimum atomic E-state index is -1.69. The summed E-state index contributed by atoms with van der Waals surface area (Å²) >= 11 is 0. The molecular formula is C29H30N8O5-2. The molecular weight excluding hydrogens is 540 g/mol. The molecule has 4 amide bonds. The second kappa shape index (κ2) is 13.7. The van der Waals surface area contributed by atoms with Gasteiger partial charge in [-0.25, -0.2) is 4.79 Å². The largest absolute Gasteiger partial charge is 0.530 e. The van der Waals surface area contributed by atoms with Crippen LogP contribution in [0.4, 0.5) is 25.9 Å². The fourth-order valence-electron chi connectivity index (χ4n) is 4.57. The number of hydrogen-bond donors (Lipinski definition) is 6. The van der Waals surface area contributed by atoms with Gasteiger partial charge in [0.15, 0.2) is 6.29 Å². The predicted octanol–water partition coefficient (Wildman–Crippen LogP) is 0.685. The van der Waals surface area contributed by atoms with Crippen molar-refractivity contribution in [3.8, 4) is 0 Å². The molecule has 0 radical (unpaired) electrons. The number of hydrogen-bond acceptors (Lipinski definition) is 8. The fraction of sp³-hybridized carbons (Fsp3) is 0.172. The van der Waals surface area contributed by atoms with Crippen LogP contribution in [-0.4, -0.2) is 47.4 Å². The molecule has 0 unspecified atom stereocenters. The minimum Gasteiger partial charge on any atom is -0.530 e. The van der Waals surface area contributed by atoms with Crippen LogP contribution in [-0.2, 0) is 12.6 Å². The number of carbonyl (C=O) groups is 3. The molecule has 0 saturated heterocycles. The highest BCUT2D eigenvalue weighted by atomic mass is 16.4. The Balaban J connectivity index is 1.56. The lowest BCUT2D eigenvalue weighted by atomic mass is 9.77. The highest BCUT2D eigenvalue weighted by Gasteiger charge is 2.37. The molecule has 0 aliphatic rings. The highest BCUT2D eigenvalue weighted by molar-refractivity contribution is 5.92. The molecule has 218 valence electrons. The van der Waals surface area contributed by atoms with E-state index in [0.717, 1.165) is 16.7 Å². The molecule has 6 N–H and O–H groups in total. The van der Waals surface area contributed by atoms with E-state index >= 15 is 0 Å². The molecule has 0 aliphatic heterocycles. The summed E-state index contributed by atoms with van der Waals surface area (Å²) in [4.78, 5) is 34.3. The molecule has 0 fully saturated rings. The van der Waals surface area contributed by atoms with Gasteiger partial charge in [0, 0.05) is 20.1 Å². The van der Waals surface area contributed by atoms with E-state index in [1.807, 2.05) is 102 Å². The third-order valence-electron chi connectivity index (χ3n) is 6.40. The maximum Gasteiger partial charge on any atom is 0.319 e. The van der Waals surface area contributed by atoms with Gasteiger partial charge in [0.2, 0.25) is 0 Å². The molecule has 4 aromatic rings. The molecule has 0 aliphatic carbocycles. The molecule has 4 rings (SSSR count). The Hall–Kier alpha value is -5.56. The number of carboxylic acid groups (broad SMARTS) is 2. The molecule has 0 atom stereocenters. The number of nitrogens with one attached hydrogen (secondary N) is 6. The minimum absolute atomic E-state index is 0.00985. The average Bonchev–Trinajstić information content (AvgIpc) is 3.32. The van der Waals surface area contributed by atoms with Crippen LogP contribution in [0.1, 0.15) is 16.7 Å². The maximum absolute atomic E-state index is 12.8. The summed E-state index contributed by atoms with van der Waals surface area (Å²) in [5, 5.41) is 41.2. The van der Waals surface area contributed by atoms with Gasteiger partial charge in [-0.2, -0.15) is 5.10 Å². The number of aryl methyl sites for hydroxylation is 1. The summed E-state index contributed by atoms with van der Waals surface area (Å²) in [6.07, 6.45) is -3.24. The van der Waals surface area contributed by atoms with Crippen LogP contribution in [0, 0.1) is 0 Å². The van der Waals surface area contributed by atoms with E-state index in [1.54, 1.807) is 11.7 Å².